The van der Waals surface area contributed by atoms with E-state index in [-0.39, 0.29) is 6.04 Å². The first kappa shape index (κ1) is 23.8. The van der Waals surface area contributed by atoms with Gasteiger partial charge in [-0.25, -0.2) is 4.39 Å². The van der Waals surface area contributed by atoms with Gasteiger partial charge in [-0.3, -0.25) is 0 Å². The maximum Gasteiger partial charge on any atom is 0.0976 e. The Bertz CT molecular complexity index is 689. The number of halogens is 2. The molecular formula is C25H37ClFNO. The molecule has 0 aromatic heterocycles. The van der Waals surface area contributed by atoms with Crippen LogP contribution in [0.4, 0.5) is 4.39 Å². The second-order valence-corrected chi connectivity index (χ2v) is 8.96. The van der Waals surface area contributed by atoms with Gasteiger partial charge in [-0.1, -0.05) is 42.8 Å². The standard InChI is InChI=1S/C25H37ClFNO/c1-6-21(10-8-17(2)7-9-18(3)27)19(4)28-20(5)25-15-22(25)16-29-24-13-11-23(26)12-14-24/h8,10-11,13,18-19,22,25,28H,5-7,9,12,14-16H2,1-4H3/b17-8+,21-10+. The minimum atomic E-state index is -0.740. The van der Waals surface area contributed by atoms with Crippen LogP contribution in [0.1, 0.15) is 66.2 Å². The molecule has 162 valence electrons. The van der Waals surface area contributed by atoms with E-state index < -0.39 is 6.17 Å². The number of ether oxygens (including phenoxy) is 1. The largest absolute Gasteiger partial charge is 0.498 e. The van der Waals surface area contributed by atoms with E-state index in [0.717, 1.165) is 55.2 Å². The molecule has 4 unspecified atom stereocenters. The molecule has 1 fully saturated rings. The van der Waals surface area contributed by atoms with E-state index in [1.54, 1.807) is 6.92 Å². The van der Waals surface area contributed by atoms with Crippen molar-refractivity contribution in [2.75, 3.05) is 6.61 Å². The van der Waals surface area contributed by atoms with E-state index in [1.807, 2.05) is 12.2 Å². The third-order valence-corrected chi connectivity index (χ3v) is 6.11. The summed E-state index contributed by atoms with van der Waals surface area (Å²) in [5.74, 6) is 2.07. The lowest BCUT2D eigenvalue weighted by Gasteiger charge is -2.20. The Labute approximate surface area is 181 Å². The molecule has 0 aromatic carbocycles. The van der Waals surface area contributed by atoms with Crippen molar-refractivity contribution in [2.24, 2.45) is 11.8 Å². The second-order valence-electron chi connectivity index (χ2n) is 8.48. The molecule has 0 aromatic rings. The Morgan fingerprint density at radius 1 is 1.34 bits per heavy atom. The summed E-state index contributed by atoms with van der Waals surface area (Å²) in [5, 5.41) is 4.49. The van der Waals surface area contributed by atoms with Crippen LogP contribution in [0.15, 0.2) is 58.5 Å². The number of rotatable bonds is 12. The van der Waals surface area contributed by atoms with Gasteiger partial charge >= 0.3 is 0 Å². The summed E-state index contributed by atoms with van der Waals surface area (Å²) in [4.78, 5) is 0. The highest BCUT2D eigenvalue weighted by molar-refractivity contribution is 6.29. The van der Waals surface area contributed by atoms with Gasteiger partial charge in [-0.2, -0.15) is 0 Å². The zero-order valence-corrected chi connectivity index (χ0v) is 19.2. The maximum absolute atomic E-state index is 13.0. The van der Waals surface area contributed by atoms with Crippen molar-refractivity contribution >= 4 is 11.6 Å². The van der Waals surface area contributed by atoms with Crippen molar-refractivity contribution in [1.29, 1.82) is 0 Å². The lowest BCUT2D eigenvalue weighted by atomic mass is 10.0. The van der Waals surface area contributed by atoms with Crippen LogP contribution in [-0.2, 0) is 4.74 Å². The van der Waals surface area contributed by atoms with Crippen LogP contribution in [0.3, 0.4) is 0 Å². The van der Waals surface area contributed by atoms with Crippen molar-refractivity contribution in [3.8, 4) is 0 Å². The number of nitrogens with one attached hydrogen (secondary N) is 1. The highest BCUT2D eigenvalue weighted by Crippen LogP contribution is 2.43. The van der Waals surface area contributed by atoms with Crippen molar-refractivity contribution in [3.05, 3.63) is 58.5 Å². The Hall–Kier alpha value is -1.48. The molecule has 2 rings (SSSR count). The molecule has 1 saturated carbocycles. The number of allylic oxidation sites excluding steroid dienone is 8. The molecule has 0 amide bonds. The first-order valence-corrected chi connectivity index (χ1v) is 11.3. The van der Waals surface area contributed by atoms with Gasteiger partial charge in [0.2, 0.25) is 0 Å². The molecule has 0 saturated heterocycles. The van der Waals surface area contributed by atoms with Gasteiger partial charge in [-0.15, -0.1) is 0 Å². The van der Waals surface area contributed by atoms with Gasteiger partial charge in [0, 0.05) is 35.0 Å². The molecule has 2 aliphatic carbocycles. The maximum atomic E-state index is 13.0. The van der Waals surface area contributed by atoms with Crippen molar-refractivity contribution < 1.29 is 9.13 Å². The minimum Gasteiger partial charge on any atom is -0.498 e. The SMILES string of the molecule is C=C(NC(C)/C(=C/C=C(\C)CCC(C)F)CC)C1CC1COC1=CC=C(Cl)CC1. The average molecular weight is 422 g/mol. The van der Waals surface area contributed by atoms with Crippen LogP contribution >= 0.6 is 11.6 Å². The zero-order chi connectivity index (χ0) is 21.4. The summed E-state index contributed by atoms with van der Waals surface area (Å²) in [6, 6.07) is 0.243. The van der Waals surface area contributed by atoms with E-state index in [4.69, 9.17) is 16.3 Å². The van der Waals surface area contributed by atoms with Gasteiger partial charge in [0.25, 0.3) is 0 Å². The van der Waals surface area contributed by atoms with Crippen molar-refractivity contribution in [1.82, 2.24) is 5.32 Å². The van der Waals surface area contributed by atoms with Crippen LogP contribution in [-0.4, -0.2) is 18.8 Å². The molecule has 2 nitrogen and oxygen atoms in total. The molecule has 0 spiro atoms. The first-order chi connectivity index (χ1) is 13.8. The predicted molar refractivity (Wildman–Crippen MR) is 122 cm³/mol. The van der Waals surface area contributed by atoms with E-state index in [2.05, 4.69) is 44.8 Å². The molecular weight excluding hydrogens is 385 g/mol. The van der Waals surface area contributed by atoms with Gasteiger partial charge < -0.3 is 10.1 Å². The second kappa shape index (κ2) is 11.6. The zero-order valence-electron chi connectivity index (χ0n) is 18.4. The fraction of sp³-hybridized carbons (Fsp3) is 0.600. The van der Waals surface area contributed by atoms with Crippen LogP contribution in [0.2, 0.25) is 0 Å². The van der Waals surface area contributed by atoms with Gasteiger partial charge in [-0.05, 0) is 70.6 Å². The molecule has 1 N–H and O–H groups in total. The normalized spacial score (nSPS) is 24.3. The number of alkyl halides is 1. The number of hydrogen-bond donors (Lipinski definition) is 1. The van der Waals surface area contributed by atoms with E-state index in [0.29, 0.717) is 18.3 Å². The molecule has 0 radical (unpaired) electrons. The fourth-order valence-electron chi connectivity index (χ4n) is 3.59. The summed E-state index contributed by atoms with van der Waals surface area (Å²) < 4.78 is 19.0. The monoisotopic (exact) mass is 421 g/mol. The van der Waals surface area contributed by atoms with Crippen molar-refractivity contribution in [3.63, 3.8) is 0 Å². The summed E-state index contributed by atoms with van der Waals surface area (Å²) in [6.07, 6.45) is 12.8. The van der Waals surface area contributed by atoms with Crippen LogP contribution < -0.4 is 5.32 Å². The van der Waals surface area contributed by atoms with Gasteiger partial charge in [0.15, 0.2) is 0 Å². The molecule has 0 aliphatic heterocycles. The van der Waals surface area contributed by atoms with E-state index >= 15 is 0 Å². The van der Waals surface area contributed by atoms with E-state index in [9.17, 15) is 4.39 Å². The average Bonchev–Trinajstić information content (AvgIpc) is 3.46. The number of hydrogen-bond acceptors (Lipinski definition) is 2. The summed E-state index contributed by atoms with van der Waals surface area (Å²) >= 11 is 5.99. The molecule has 2 aliphatic rings. The predicted octanol–water partition coefficient (Wildman–Crippen LogP) is 7.35. The minimum absolute atomic E-state index is 0.243. The smallest absolute Gasteiger partial charge is 0.0976 e. The molecule has 4 atom stereocenters. The Morgan fingerprint density at radius 2 is 2.10 bits per heavy atom. The summed E-state index contributed by atoms with van der Waals surface area (Å²) in [6.45, 7) is 13.1. The lowest BCUT2D eigenvalue weighted by Crippen LogP contribution is -2.28. The van der Waals surface area contributed by atoms with Gasteiger partial charge in [0.05, 0.1) is 18.5 Å². The van der Waals surface area contributed by atoms with E-state index in [1.165, 1.54) is 11.1 Å². The van der Waals surface area contributed by atoms with Crippen molar-refractivity contribution in [2.45, 2.75) is 78.4 Å². The molecule has 0 bridgehead atoms. The third-order valence-electron chi connectivity index (χ3n) is 5.80. The highest BCUT2D eigenvalue weighted by atomic mass is 35.5. The van der Waals surface area contributed by atoms with Gasteiger partial charge in [0.1, 0.15) is 0 Å². The summed E-state index contributed by atoms with van der Waals surface area (Å²) in [5.41, 5.74) is 3.67. The molecule has 0 heterocycles. The lowest BCUT2D eigenvalue weighted by molar-refractivity contribution is 0.185. The molecule has 29 heavy (non-hydrogen) atoms. The quantitative estimate of drug-likeness (QED) is 0.332. The van der Waals surface area contributed by atoms with Crippen LogP contribution in [0, 0.1) is 11.8 Å². The highest BCUT2D eigenvalue weighted by Gasteiger charge is 2.40. The first-order valence-electron chi connectivity index (χ1n) is 10.9. The topological polar surface area (TPSA) is 21.3 Å². The van der Waals surface area contributed by atoms with Crippen LogP contribution in [0.5, 0.6) is 0 Å². The Morgan fingerprint density at radius 3 is 2.72 bits per heavy atom. The van der Waals surface area contributed by atoms with Crippen LogP contribution in [0.25, 0.3) is 0 Å². The summed E-state index contributed by atoms with van der Waals surface area (Å²) in [7, 11) is 0. The third kappa shape index (κ3) is 8.42. The molecule has 4 heteroatoms. The fourth-order valence-corrected chi connectivity index (χ4v) is 3.75. The Kier molecular flexibility index (Phi) is 9.55. The Balaban J connectivity index is 1.77.